The van der Waals surface area contributed by atoms with Crippen LogP contribution in [-0.2, 0) is 11.3 Å². The Bertz CT molecular complexity index is 268. The van der Waals surface area contributed by atoms with E-state index in [9.17, 15) is 0 Å². The van der Waals surface area contributed by atoms with Crippen molar-refractivity contribution >= 4 is 0 Å². The molecule has 0 spiro atoms. The number of ether oxygens (including phenoxy) is 2. The third-order valence-electron chi connectivity index (χ3n) is 1.55. The zero-order chi connectivity index (χ0) is 10.2. The molecule has 1 aromatic rings. The van der Waals surface area contributed by atoms with E-state index in [4.69, 9.17) is 15.2 Å². The van der Waals surface area contributed by atoms with Crippen LogP contribution in [-0.4, -0.2) is 29.8 Å². The average Bonchev–Trinajstić information content (AvgIpc) is 2.25. The van der Waals surface area contributed by atoms with Crippen LogP contribution in [0.5, 0.6) is 5.88 Å². The molecule has 0 aromatic carbocycles. The molecule has 0 saturated heterocycles. The maximum absolute atomic E-state index is 5.41. The van der Waals surface area contributed by atoms with Crippen LogP contribution in [0.1, 0.15) is 12.6 Å². The Morgan fingerprint density at radius 1 is 1.36 bits per heavy atom. The molecule has 0 aliphatic rings. The van der Waals surface area contributed by atoms with E-state index in [-0.39, 0.29) is 0 Å². The van der Waals surface area contributed by atoms with E-state index in [0.717, 1.165) is 5.69 Å². The fourth-order valence-corrected chi connectivity index (χ4v) is 0.904. The van der Waals surface area contributed by atoms with Crippen LogP contribution in [0.4, 0.5) is 0 Å². The molecule has 5 nitrogen and oxygen atoms in total. The van der Waals surface area contributed by atoms with Gasteiger partial charge in [-0.15, -0.1) is 0 Å². The summed E-state index contributed by atoms with van der Waals surface area (Å²) in [6.45, 7) is 4.05. The van der Waals surface area contributed by atoms with E-state index in [1.165, 1.54) is 0 Å². The first-order valence-electron chi connectivity index (χ1n) is 4.58. The highest BCUT2D eigenvalue weighted by atomic mass is 16.5. The second kappa shape index (κ2) is 6.28. The highest BCUT2D eigenvalue weighted by Gasteiger charge is 1.97. The van der Waals surface area contributed by atoms with Crippen molar-refractivity contribution in [2.24, 2.45) is 5.73 Å². The van der Waals surface area contributed by atoms with Crippen molar-refractivity contribution in [3.05, 3.63) is 18.1 Å². The van der Waals surface area contributed by atoms with Gasteiger partial charge in [0.15, 0.2) is 0 Å². The van der Waals surface area contributed by atoms with Crippen LogP contribution < -0.4 is 10.5 Å². The molecule has 2 N–H and O–H groups in total. The van der Waals surface area contributed by atoms with E-state index in [1.54, 1.807) is 12.4 Å². The van der Waals surface area contributed by atoms with E-state index in [2.05, 4.69) is 9.97 Å². The highest BCUT2D eigenvalue weighted by molar-refractivity contribution is 5.07. The molecule has 0 saturated carbocycles. The maximum atomic E-state index is 5.41. The van der Waals surface area contributed by atoms with Crippen LogP contribution >= 0.6 is 0 Å². The fraction of sp³-hybridized carbons (Fsp3) is 0.556. The molecule has 0 atom stereocenters. The molecule has 0 amide bonds. The Hall–Kier alpha value is -1.20. The van der Waals surface area contributed by atoms with Gasteiger partial charge in [0.1, 0.15) is 6.61 Å². The minimum Gasteiger partial charge on any atom is -0.474 e. The average molecular weight is 197 g/mol. The second-order valence-corrected chi connectivity index (χ2v) is 2.60. The van der Waals surface area contributed by atoms with Crippen LogP contribution in [0.3, 0.4) is 0 Å². The second-order valence-electron chi connectivity index (χ2n) is 2.60. The molecule has 1 heterocycles. The summed E-state index contributed by atoms with van der Waals surface area (Å²) >= 11 is 0. The highest BCUT2D eigenvalue weighted by Crippen LogP contribution is 2.03. The standard InChI is InChI=1S/C9H15N3O2/c1-2-13-3-4-14-9-7-11-6-8(5-10)12-9/h6-7H,2-5,10H2,1H3. The summed E-state index contributed by atoms with van der Waals surface area (Å²) in [5, 5.41) is 0. The van der Waals surface area contributed by atoms with Gasteiger partial charge >= 0.3 is 0 Å². The summed E-state index contributed by atoms with van der Waals surface area (Å²) in [7, 11) is 0. The summed E-state index contributed by atoms with van der Waals surface area (Å²) in [5.74, 6) is 0.493. The van der Waals surface area contributed by atoms with Crippen molar-refractivity contribution in [3.63, 3.8) is 0 Å². The van der Waals surface area contributed by atoms with Crippen LogP contribution in [0.15, 0.2) is 12.4 Å². The van der Waals surface area contributed by atoms with Crippen molar-refractivity contribution in [3.8, 4) is 5.88 Å². The Labute approximate surface area is 83.3 Å². The van der Waals surface area contributed by atoms with Gasteiger partial charge in [0.2, 0.25) is 5.88 Å². The van der Waals surface area contributed by atoms with Gasteiger partial charge in [-0.25, -0.2) is 4.98 Å². The molecule has 0 fully saturated rings. The van der Waals surface area contributed by atoms with Gasteiger partial charge in [-0.3, -0.25) is 4.98 Å². The zero-order valence-electron chi connectivity index (χ0n) is 8.27. The van der Waals surface area contributed by atoms with Gasteiger partial charge in [0, 0.05) is 19.3 Å². The SMILES string of the molecule is CCOCCOc1cncc(CN)n1. The quantitative estimate of drug-likeness (QED) is 0.666. The number of rotatable bonds is 6. The van der Waals surface area contributed by atoms with Gasteiger partial charge in [-0.1, -0.05) is 0 Å². The van der Waals surface area contributed by atoms with Crippen molar-refractivity contribution in [2.75, 3.05) is 19.8 Å². The lowest BCUT2D eigenvalue weighted by atomic mass is 10.4. The smallest absolute Gasteiger partial charge is 0.232 e. The van der Waals surface area contributed by atoms with Crippen LogP contribution in [0, 0.1) is 0 Å². The summed E-state index contributed by atoms with van der Waals surface area (Å²) < 4.78 is 10.4. The third kappa shape index (κ3) is 3.68. The first kappa shape index (κ1) is 10.9. The van der Waals surface area contributed by atoms with Crippen LogP contribution in [0.2, 0.25) is 0 Å². The van der Waals surface area contributed by atoms with Gasteiger partial charge < -0.3 is 15.2 Å². The Morgan fingerprint density at radius 2 is 2.21 bits per heavy atom. The molecule has 1 rings (SSSR count). The Morgan fingerprint density at radius 3 is 2.93 bits per heavy atom. The lowest BCUT2D eigenvalue weighted by Gasteiger charge is -2.05. The van der Waals surface area contributed by atoms with Gasteiger partial charge in [-0.05, 0) is 6.92 Å². The van der Waals surface area contributed by atoms with Crippen molar-refractivity contribution < 1.29 is 9.47 Å². The number of nitrogens with zero attached hydrogens (tertiary/aromatic N) is 2. The predicted molar refractivity (Wildman–Crippen MR) is 51.9 cm³/mol. The summed E-state index contributed by atoms with van der Waals surface area (Å²) in [5.41, 5.74) is 6.13. The van der Waals surface area contributed by atoms with Crippen LogP contribution in [0.25, 0.3) is 0 Å². The summed E-state index contributed by atoms with van der Waals surface area (Å²) in [6.07, 6.45) is 3.18. The normalized spacial score (nSPS) is 10.1. The monoisotopic (exact) mass is 197 g/mol. The molecule has 5 heteroatoms. The molecule has 1 aromatic heterocycles. The van der Waals surface area contributed by atoms with E-state index >= 15 is 0 Å². The fourth-order valence-electron chi connectivity index (χ4n) is 0.904. The number of aromatic nitrogens is 2. The first-order chi connectivity index (χ1) is 6.86. The van der Waals surface area contributed by atoms with Gasteiger partial charge in [0.25, 0.3) is 0 Å². The van der Waals surface area contributed by atoms with Gasteiger partial charge in [-0.2, -0.15) is 0 Å². The molecule has 0 unspecified atom stereocenters. The number of nitrogens with two attached hydrogens (primary N) is 1. The maximum Gasteiger partial charge on any atom is 0.232 e. The van der Waals surface area contributed by atoms with E-state index in [1.807, 2.05) is 6.92 Å². The molecule has 78 valence electrons. The lowest BCUT2D eigenvalue weighted by Crippen LogP contribution is -2.09. The molecule has 0 aliphatic carbocycles. The minimum atomic E-state index is 0.371. The Balaban J connectivity index is 2.34. The zero-order valence-corrected chi connectivity index (χ0v) is 8.27. The molecule has 14 heavy (non-hydrogen) atoms. The van der Waals surface area contributed by atoms with Gasteiger partial charge in [0.05, 0.1) is 18.5 Å². The Kier molecular flexibility index (Phi) is 4.88. The molecular weight excluding hydrogens is 182 g/mol. The lowest BCUT2D eigenvalue weighted by molar-refractivity contribution is 0.108. The summed E-state index contributed by atoms with van der Waals surface area (Å²) in [6, 6.07) is 0. The van der Waals surface area contributed by atoms with Crippen molar-refractivity contribution in [1.82, 2.24) is 9.97 Å². The van der Waals surface area contributed by atoms with Crippen molar-refractivity contribution in [2.45, 2.75) is 13.5 Å². The predicted octanol–water partition coefficient (Wildman–Crippen LogP) is 0.351. The third-order valence-corrected chi connectivity index (χ3v) is 1.55. The molecule has 0 bridgehead atoms. The van der Waals surface area contributed by atoms with E-state index in [0.29, 0.717) is 32.2 Å². The summed E-state index contributed by atoms with van der Waals surface area (Å²) in [4.78, 5) is 8.07. The molecule has 0 aliphatic heterocycles. The van der Waals surface area contributed by atoms with Crippen molar-refractivity contribution in [1.29, 1.82) is 0 Å². The largest absolute Gasteiger partial charge is 0.474 e. The minimum absolute atomic E-state index is 0.371. The number of hydrogen-bond donors (Lipinski definition) is 1. The molecule has 0 radical (unpaired) electrons. The topological polar surface area (TPSA) is 70.3 Å². The first-order valence-corrected chi connectivity index (χ1v) is 4.58. The number of hydrogen-bond acceptors (Lipinski definition) is 5. The molecular formula is C9H15N3O2. The van der Waals surface area contributed by atoms with E-state index < -0.39 is 0 Å².